The fourth-order valence-electron chi connectivity index (χ4n) is 1.47. The zero-order valence-electron chi connectivity index (χ0n) is 8.05. The molecule has 0 bridgehead atoms. The van der Waals surface area contributed by atoms with Crippen molar-refractivity contribution in [1.82, 2.24) is 4.98 Å². The maximum Gasteiger partial charge on any atom is 0.141 e. The monoisotopic (exact) mass is 425 g/mol. The van der Waals surface area contributed by atoms with Crippen molar-refractivity contribution in [3.63, 3.8) is 0 Å². The Balaban J connectivity index is 2.64. The number of hydrogen-bond acceptors (Lipinski definition) is 1. The van der Waals surface area contributed by atoms with Crippen LogP contribution in [0, 0.1) is 7.14 Å². The first-order valence-electron chi connectivity index (χ1n) is 4.39. The number of aromatic amines is 1. The SMILES string of the molecule is COc1c(I)cc(I)cc1-c1ccc[nH]1. The normalized spacial score (nSPS) is 10.3. The summed E-state index contributed by atoms with van der Waals surface area (Å²) in [5.41, 5.74) is 2.20. The Kier molecular flexibility index (Phi) is 3.55. The maximum absolute atomic E-state index is 5.42. The highest BCUT2D eigenvalue weighted by Gasteiger charge is 2.11. The molecule has 0 aliphatic carbocycles. The molecule has 0 unspecified atom stereocenters. The quantitative estimate of drug-likeness (QED) is 0.726. The molecular formula is C11H9I2NO. The highest BCUT2D eigenvalue weighted by Crippen LogP contribution is 2.34. The maximum atomic E-state index is 5.42. The van der Waals surface area contributed by atoms with Crippen LogP contribution in [0.4, 0.5) is 0 Å². The van der Waals surface area contributed by atoms with E-state index in [1.807, 2.05) is 18.3 Å². The second kappa shape index (κ2) is 4.73. The van der Waals surface area contributed by atoms with Crippen LogP contribution in [0.2, 0.25) is 0 Å². The van der Waals surface area contributed by atoms with Gasteiger partial charge in [-0.25, -0.2) is 0 Å². The van der Waals surface area contributed by atoms with Gasteiger partial charge in [-0.1, -0.05) is 0 Å². The van der Waals surface area contributed by atoms with Crippen LogP contribution in [0.5, 0.6) is 5.75 Å². The lowest BCUT2D eigenvalue weighted by Gasteiger charge is -2.10. The van der Waals surface area contributed by atoms with E-state index >= 15 is 0 Å². The molecule has 1 aromatic heterocycles. The van der Waals surface area contributed by atoms with E-state index in [4.69, 9.17) is 4.74 Å². The number of methoxy groups -OCH3 is 1. The molecule has 0 radical (unpaired) electrons. The van der Waals surface area contributed by atoms with Crippen LogP contribution in [-0.2, 0) is 0 Å². The third-order valence-corrected chi connectivity index (χ3v) is 3.52. The summed E-state index contributed by atoms with van der Waals surface area (Å²) in [5.74, 6) is 0.929. The Morgan fingerprint density at radius 3 is 2.67 bits per heavy atom. The van der Waals surface area contributed by atoms with E-state index < -0.39 is 0 Å². The van der Waals surface area contributed by atoms with E-state index in [0.29, 0.717) is 0 Å². The summed E-state index contributed by atoms with van der Waals surface area (Å²) in [6, 6.07) is 8.26. The minimum Gasteiger partial charge on any atom is -0.495 e. The van der Waals surface area contributed by atoms with Crippen molar-refractivity contribution in [2.45, 2.75) is 0 Å². The van der Waals surface area contributed by atoms with Gasteiger partial charge < -0.3 is 9.72 Å². The van der Waals surface area contributed by atoms with Crippen molar-refractivity contribution in [3.05, 3.63) is 37.6 Å². The number of rotatable bonds is 2. The molecule has 15 heavy (non-hydrogen) atoms. The summed E-state index contributed by atoms with van der Waals surface area (Å²) in [6.07, 6.45) is 1.92. The highest BCUT2D eigenvalue weighted by molar-refractivity contribution is 14.1. The molecule has 2 aromatic rings. The molecule has 0 saturated carbocycles. The number of aromatic nitrogens is 1. The van der Waals surface area contributed by atoms with E-state index in [1.54, 1.807) is 7.11 Å². The van der Waals surface area contributed by atoms with Gasteiger partial charge in [-0.2, -0.15) is 0 Å². The summed E-state index contributed by atoms with van der Waals surface area (Å²) in [7, 11) is 1.71. The smallest absolute Gasteiger partial charge is 0.141 e. The van der Waals surface area contributed by atoms with Gasteiger partial charge >= 0.3 is 0 Å². The summed E-state index contributed by atoms with van der Waals surface area (Å²) < 4.78 is 7.77. The number of halogens is 2. The minimum atomic E-state index is 0.929. The second-order valence-corrected chi connectivity index (χ2v) is 5.46. The largest absolute Gasteiger partial charge is 0.495 e. The van der Waals surface area contributed by atoms with E-state index in [0.717, 1.165) is 20.6 Å². The third-order valence-electron chi connectivity index (χ3n) is 2.10. The van der Waals surface area contributed by atoms with Crippen molar-refractivity contribution in [2.24, 2.45) is 0 Å². The molecule has 0 atom stereocenters. The fourth-order valence-corrected chi connectivity index (χ4v) is 3.53. The van der Waals surface area contributed by atoms with Crippen LogP contribution < -0.4 is 4.74 Å². The third kappa shape index (κ3) is 2.30. The van der Waals surface area contributed by atoms with Crippen molar-refractivity contribution in [2.75, 3.05) is 7.11 Å². The van der Waals surface area contributed by atoms with Gasteiger partial charge in [-0.15, -0.1) is 0 Å². The summed E-state index contributed by atoms with van der Waals surface area (Å²) in [6.45, 7) is 0. The van der Waals surface area contributed by atoms with Gasteiger partial charge in [0.2, 0.25) is 0 Å². The number of H-pyrrole nitrogens is 1. The van der Waals surface area contributed by atoms with E-state index in [2.05, 4.69) is 62.3 Å². The van der Waals surface area contributed by atoms with Crippen LogP contribution in [0.1, 0.15) is 0 Å². The average Bonchev–Trinajstić information content (AvgIpc) is 2.69. The van der Waals surface area contributed by atoms with Gasteiger partial charge in [0.05, 0.1) is 10.7 Å². The second-order valence-electron chi connectivity index (χ2n) is 3.05. The van der Waals surface area contributed by atoms with Gasteiger partial charge in [0.15, 0.2) is 0 Å². The van der Waals surface area contributed by atoms with Crippen molar-refractivity contribution < 1.29 is 4.74 Å². The number of benzene rings is 1. The highest BCUT2D eigenvalue weighted by atomic mass is 127. The first-order valence-corrected chi connectivity index (χ1v) is 6.55. The molecule has 4 heteroatoms. The molecule has 2 nitrogen and oxygen atoms in total. The lowest BCUT2D eigenvalue weighted by atomic mass is 10.1. The predicted molar refractivity (Wildman–Crippen MR) is 78.2 cm³/mol. The summed E-state index contributed by atoms with van der Waals surface area (Å²) in [4.78, 5) is 3.20. The standard InChI is InChI=1S/C11H9I2NO/c1-15-11-8(10-3-2-4-14-10)5-7(12)6-9(11)13/h2-6,14H,1H3. The zero-order valence-corrected chi connectivity index (χ0v) is 12.4. The fraction of sp³-hybridized carbons (Fsp3) is 0.0909. The van der Waals surface area contributed by atoms with Crippen molar-refractivity contribution in [3.8, 4) is 17.0 Å². The van der Waals surface area contributed by atoms with Crippen LogP contribution in [-0.4, -0.2) is 12.1 Å². The minimum absolute atomic E-state index is 0.929. The molecule has 0 fully saturated rings. The molecule has 0 saturated heterocycles. The lowest BCUT2D eigenvalue weighted by molar-refractivity contribution is 0.413. The zero-order chi connectivity index (χ0) is 10.8. The average molecular weight is 425 g/mol. The van der Waals surface area contributed by atoms with Crippen molar-refractivity contribution >= 4 is 45.2 Å². The molecule has 0 amide bonds. The first kappa shape index (κ1) is 11.3. The molecule has 0 aliphatic heterocycles. The Labute approximate surface area is 116 Å². The van der Waals surface area contributed by atoms with Crippen LogP contribution in [0.15, 0.2) is 30.5 Å². The molecule has 1 N–H and O–H groups in total. The number of ether oxygens (including phenoxy) is 1. The van der Waals surface area contributed by atoms with Crippen LogP contribution in [0.25, 0.3) is 11.3 Å². The molecule has 0 spiro atoms. The van der Waals surface area contributed by atoms with E-state index in [9.17, 15) is 0 Å². The topological polar surface area (TPSA) is 25.0 Å². The molecular weight excluding hydrogens is 416 g/mol. The van der Waals surface area contributed by atoms with Gasteiger partial charge in [0, 0.05) is 21.0 Å². The molecule has 0 aliphatic rings. The van der Waals surface area contributed by atoms with E-state index in [-0.39, 0.29) is 0 Å². The summed E-state index contributed by atoms with van der Waals surface area (Å²) >= 11 is 4.61. The lowest BCUT2D eigenvalue weighted by Crippen LogP contribution is -1.92. The number of nitrogens with one attached hydrogen (secondary N) is 1. The van der Waals surface area contributed by atoms with Gasteiger partial charge in [-0.05, 0) is 69.4 Å². The van der Waals surface area contributed by atoms with Crippen molar-refractivity contribution in [1.29, 1.82) is 0 Å². The first-order chi connectivity index (χ1) is 7.22. The summed E-state index contributed by atoms with van der Waals surface area (Å²) in [5, 5.41) is 0. The molecule has 78 valence electrons. The van der Waals surface area contributed by atoms with E-state index in [1.165, 1.54) is 3.57 Å². The van der Waals surface area contributed by atoms with Crippen LogP contribution >= 0.6 is 45.2 Å². The van der Waals surface area contributed by atoms with Crippen LogP contribution in [0.3, 0.4) is 0 Å². The molecule has 2 rings (SSSR count). The van der Waals surface area contributed by atoms with Gasteiger partial charge in [-0.3, -0.25) is 0 Å². The van der Waals surface area contributed by atoms with Gasteiger partial charge in [0.1, 0.15) is 5.75 Å². The molecule has 1 aromatic carbocycles. The Morgan fingerprint density at radius 2 is 2.07 bits per heavy atom. The molecule has 1 heterocycles. The Morgan fingerprint density at radius 1 is 1.27 bits per heavy atom. The predicted octanol–water partition coefficient (Wildman–Crippen LogP) is 3.90. The number of hydrogen-bond donors (Lipinski definition) is 1. The Bertz CT molecular complexity index is 466. The Hall–Kier alpha value is -0.240. The van der Waals surface area contributed by atoms with Gasteiger partial charge in [0.25, 0.3) is 0 Å².